The molecule has 1 aliphatic heterocycles. The lowest BCUT2D eigenvalue weighted by Gasteiger charge is -2.41. The molecular weight excluding hydrogens is 392 g/mol. The van der Waals surface area contributed by atoms with Crippen molar-refractivity contribution in [1.29, 1.82) is 0 Å². The van der Waals surface area contributed by atoms with Crippen LogP contribution in [0.15, 0.2) is 42.5 Å². The van der Waals surface area contributed by atoms with E-state index in [1.807, 2.05) is 0 Å². The van der Waals surface area contributed by atoms with Gasteiger partial charge in [0.15, 0.2) is 6.61 Å². The van der Waals surface area contributed by atoms with E-state index >= 15 is 0 Å². The number of amides is 2. The summed E-state index contributed by atoms with van der Waals surface area (Å²) < 4.78 is 5.09. The van der Waals surface area contributed by atoms with E-state index in [2.05, 4.69) is 10.6 Å². The number of ether oxygens (including phenoxy) is 1. The minimum Gasteiger partial charge on any atom is -0.452 e. The number of nitrogens with one attached hydrogen (secondary N) is 2. The molecule has 0 radical (unpaired) electrons. The Morgan fingerprint density at radius 3 is 2.60 bits per heavy atom. The first-order valence-corrected chi connectivity index (χ1v) is 9.03. The van der Waals surface area contributed by atoms with E-state index in [1.165, 1.54) is 24.1 Å². The van der Waals surface area contributed by atoms with E-state index in [-0.39, 0.29) is 22.8 Å². The smallest absolute Gasteiger partial charge is 0.338 e. The average molecular weight is 412 g/mol. The molecule has 30 heavy (non-hydrogen) atoms. The van der Waals surface area contributed by atoms with Gasteiger partial charge in [-0.1, -0.05) is 12.1 Å². The Morgan fingerprint density at radius 1 is 1.23 bits per heavy atom. The second-order valence-corrected chi connectivity index (χ2v) is 7.07. The third-order valence-electron chi connectivity index (χ3n) is 4.78. The summed E-state index contributed by atoms with van der Waals surface area (Å²) >= 11 is 0. The average Bonchev–Trinajstić information content (AvgIpc) is 2.72. The van der Waals surface area contributed by atoms with Crippen molar-refractivity contribution in [3.8, 4) is 0 Å². The van der Waals surface area contributed by atoms with Gasteiger partial charge in [-0.2, -0.15) is 0 Å². The highest BCUT2D eigenvalue weighted by Gasteiger charge is 2.43. The molecule has 1 aliphatic rings. The number of hydrogen-bond acceptors (Lipinski definition) is 7. The predicted molar refractivity (Wildman–Crippen MR) is 110 cm³/mol. The number of carbonyl (C=O) groups excluding carboxylic acids is 3. The fraction of sp³-hybridized carbons (Fsp3) is 0.250. The van der Waals surface area contributed by atoms with Crippen LogP contribution < -0.4 is 15.5 Å². The number of nitrogens with zero attached hydrogens (tertiary/aromatic N) is 2. The standard InChI is InChI=1S/C20H20N4O6/c1-20(2)19(27)22-14-6-4-5-7-15(14)23(20)17(25)11-30-18(26)12-8-9-13(21-3)16(10-12)24(28)29/h4-10,21H,11H2,1-3H3,(H,22,27). The predicted octanol–water partition coefficient (Wildman–Crippen LogP) is 2.56. The SMILES string of the molecule is CNc1ccc(C(=O)OCC(=O)N2c3ccccc3NC(=O)C2(C)C)cc1[N+](=O)[O-]. The summed E-state index contributed by atoms with van der Waals surface area (Å²) in [7, 11) is 1.52. The third kappa shape index (κ3) is 3.66. The van der Waals surface area contributed by atoms with Crippen molar-refractivity contribution in [3.63, 3.8) is 0 Å². The van der Waals surface area contributed by atoms with E-state index in [0.29, 0.717) is 11.4 Å². The molecule has 0 atom stereocenters. The van der Waals surface area contributed by atoms with Crippen molar-refractivity contribution < 1.29 is 24.0 Å². The van der Waals surface area contributed by atoms with E-state index < -0.39 is 28.9 Å². The lowest BCUT2D eigenvalue weighted by molar-refractivity contribution is -0.384. The van der Waals surface area contributed by atoms with Crippen LogP contribution in [-0.4, -0.2) is 41.9 Å². The zero-order valence-corrected chi connectivity index (χ0v) is 16.6. The fourth-order valence-electron chi connectivity index (χ4n) is 3.19. The molecule has 0 aromatic heterocycles. The van der Waals surface area contributed by atoms with Gasteiger partial charge in [-0.25, -0.2) is 4.79 Å². The van der Waals surface area contributed by atoms with Gasteiger partial charge in [-0.3, -0.25) is 24.6 Å². The van der Waals surface area contributed by atoms with Gasteiger partial charge in [-0.05, 0) is 38.1 Å². The van der Waals surface area contributed by atoms with Gasteiger partial charge in [0.05, 0.1) is 21.9 Å². The Bertz CT molecular complexity index is 1050. The Labute approximate surface area is 172 Å². The summed E-state index contributed by atoms with van der Waals surface area (Å²) in [6.07, 6.45) is 0. The first-order valence-electron chi connectivity index (χ1n) is 9.03. The van der Waals surface area contributed by atoms with Gasteiger partial charge < -0.3 is 15.4 Å². The zero-order chi connectivity index (χ0) is 22.1. The van der Waals surface area contributed by atoms with Crippen molar-refractivity contribution in [3.05, 3.63) is 58.1 Å². The summed E-state index contributed by atoms with van der Waals surface area (Å²) in [6.45, 7) is 2.53. The van der Waals surface area contributed by atoms with Gasteiger partial charge in [0.1, 0.15) is 11.2 Å². The molecule has 3 rings (SSSR count). The van der Waals surface area contributed by atoms with E-state index in [0.717, 1.165) is 6.07 Å². The zero-order valence-electron chi connectivity index (χ0n) is 16.6. The van der Waals surface area contributed by atoms with Crippen molar-refractivity contribution in [2.45, 2.75) is 19.4 Å². The molecule has 10 heteroatoms. The summed E-state index contributed by atoms with van der Waals surface area (Å²) in [5.74, 6) is -1.86. The Kier molecular flexibility index (Phi) is 5.41. The molecule has 0 fully saturated rings. The highest BCUT2D eigenvalue weighted by Crippen LogP contribution is 2.36. The van der Waals surface area contributed by atoms with Crippen LogP contribution in [0.5, 0.6) is 0 Å². The van der Waals surface area contributed by atoms with Crippen molar-refractivity contribution in [2.75, 3.05) is 29.2 Å². The summed E-state index contributed by atoms with van der Waals surface area (Å²) in [4.78, 5) is 49.5. The Morgan fingerprint density at radius 2 is 1.93 bits per heavy atom. The van der Waals surface area contributed by atoms with E-state index in [1.54, 1.807) is 38.1 Å². The van der Waals surface area contributed by atoms with Crippen LogP contribution in [0.4, 0.5) is 22.7 Å². The summed E-state index contributed by atoms with van der Waals surface area (Å²) in [6, 6.07) is 10.6. The van der Waals surface area contributed by atoms with Crippen LogP contribution in [0.25, 0.3) is 0 Å². The summed E-state index contributed by atoms with van der Waals surface area (Å²) in [5, 5.41) is 16.6. The maximum atomic E-state index is 12.9. The molecule has 0 aliphatic carbocycles. The first kappa shape index (κ1) is 20.8. The molecule has 156 valence electrons. The first-order chi connectivity index (χ1) is 14.2. The maximum Gasteiger partial charge on any atom is 0.338 e. The Hall–Kier alpha value is -3.95. The van der Waals surface area contributed by atoms with Crippen LogP contribution in [-0.2, 0) is 14.3 Å². The number of benzene rings is 2. The number of carbonyl (C=O) groups is 3. The highest BCUT2D eigenvalue weighted by atomic mass is 16.6. The monoisotopic (exact) mass is 412 g/mol. The summed E-state index contributed by atoms with van der Waals surface area (Å²) in [5.41, 5.74) is -0.363. The lowest BCUT2D eigenvalue weighted by atomic mass is 9.96. The van der Waals surface area contributed by atoms with Gasteiger partial charge in [0.25, 0.3) is 11.6 Å². The van der Waals surface area contributed by atoms with Crippen molar-refractivity contribution in [2.24, 2.45) is 0 Å². The molecule has 2 aromatic carbocycles. The number of rotatable bonds is 5. The highest BCUT2D eigenvalue weighted by molar-refractivity contribution is 6.14. The second-order valence-electron chi connectivity index (χ2n) is 7.07. The number of esters is 1. The minimum atomic E-state index is -1.20. The number of fused-ring (bicyclic) bond motifs is 1. The number of anilines is 3. The minimum absolute atomic E-state index is 0.0652. The molecule has 0 unspecified atom stereocenters. The van der Waals surface area contributed by atoms with Crippen LogP contribution in [0.3, 0.4) is 0 Å². The van der Waals surface area contributed by atoms with E-state index in [4.69, 9.17) is 4.74 Å². The molecule has 0 saturated heterocycles. The second kappa shape index (κ2) is 7.82. The number of hydrogen-bond donors (Lipinski definition) is 2. The maximum absolute atomic E-state index is 12.9. The number of para-hydroxylation sites is 2. The fourth-order valence-corrected chi connectivity index (χ4v) is 3.19. The molecule has 10 nitrogen and oxygen atoms in total. The molecule has 0 bridgehead atoms. The van der Waals surface area contributed by atoms with Crippen LogP contribution in [0.2, 0.25) is 0 Å². The normalized spacial score (nSPS) is 14.4. The van der Waals surface area contributed by atoms with Gasteiger partial charge in [0, 0.05) is 13.1 Å². The number of nitro benzene ring substituents is 1. The van der Waals surface area contributed by atoms with Crippen LogP contribution in [0.1, 0.15) is 24.2 Å². The van der Waals surface area contributed by atoms with Crippen LogP contribution in [0, 0.1) is 10.1 Å². The largest absolute Gasteiger partial charge is 0.452 e. The van der Waals surface area contributed by atoms with E-state index in [9.17, 15) is 24.5 Å². The topological polar surface area (TPSA) is 131 Å². The van der Waals surface area contributed by atoms with Crippen molar-refractivity contribution in [1.82, 2.24) is 0 Å². The molecule has 2 amide bonds. The Balaban J connectivity index is 1.80. The third-order valence-corrected chi connectivity index (χ3v) is 4.78. The van der Waals surface area contributed by atoms with Gasteiger partial charge in [0.2, 0.25) is 5.91 Å². The number of nitro groups is 1. The molecular formula is C20H20N4O6. The molecule has 1 heterocycles. The van der Waals surface area contributed by atoms with Gasteiger partial charge >= 0.3 is 5.97 Å². The van der Waals surface area contributed by atoms with Crippen LogP contribution >= 0.6 is 0 Å². The molecule has 0 saturated carbocycles. The van der Waals surface area contributed by atoms with Crippen molar-refractivity contribution >= 4 is 40.5 Å². The molecule has 2 aromatic rings. The lowest BCUT2D eigenvalue weighted by Crippen LogP contribution is -2.59. The quantitative estimate of drug-likeness (QED) is 0.438. The molecule has 2 N–H and O–H groups in total. The van der Waals surface area contributed by atoms with Gasteiger partial charge in [-0.15, -0.1) is 0 Å². The molecule has 0 spiro atoms.